The molecule has 1 heterocycles. The molecule has 0 bridgehead atoms. The Kier molecular flexibility index (Phi) is 4.50. The van der Waals surface area contributed by atoms with E-state index in [1.165, 1.54) is 19.3 Å². The van der Waals surface area contributed by atoms with Crippen LogP contribution in [0, 0.1) is 11.6 Å². The van der Waals surface area contributed by atoms with E-state index in [9.17, 15) is 22.0 Å². The van der Waals surface area contributed by atoms with E-state index in [-0.39, 0.29) is 12.1 Å². The summed E-state index contributed by atoms with van der Waals surface area (Å²) in [4.78, 5) is 0. The molecule has 0 saturated carbocycles. The lowest BCUT2D eigenvalue weighted by Gasteiger charge is -2.15. The molecule has 1 N–H and O–H groups in total. The highest BCUT2D eigenvalue weighted by molar-refractivity contribution is 5.23. The van der Waals surface area contributed by atoms with Crippen LogP contribution in [0.5, 0.6) is 0 Å². The Morgan fingerprint density at radius 2 is 1.91 bits per heavy atom. The van der Waals surface area contributed by atoms with Gasteiger partial charge >= 0.3 is 6.18 Å². The summed E-state index contributed by atoms with van der Waals surface area (Å²) in [7, 11) is 1.40. The van der Waals surface area contributed by atoms with Crippen molar-refractivity contribution in [3.8, 4) is 0 Å². The number of rotatable bonds is 4. The third-order valence-electron chi connectivity index (χ3n) is 3.22. The Bertz CT molecular complexity index is 663. The molecular weight excluding hydrogens is 305 g/mol. The van der Waals surface area contributed by atoms with Gasteiger partial charge in [0.05, 0.1) is 0 Å². The van der Waals surface area contributed by atoms with Gasteiger partial charge in [0.2, 0.25) is 0 Å². The second-order valence-electron chi connectivity index (χ2n) is 4.95. The third-order valence-corrected chi connectivity index (χ3v) is 3.22. The second-order valence-corrected chi connectivity index (χ2v) is 4.95. The highest BCUT2D eigenvalue weighted by atomic mass is 19.4. The predicted octanol–water partition coefficient (Wildman–Crippen LogP) is 3.57. The maximum absolute atomic E-state index is 13.2. The number of aryl methyl sites for hydroxylation is 1. The monoisotopic (exact) mass is 319 g/mol. The van der Waals surface area contributed by atoms with Crippen LogP contribution in [0.4, 0.5) is 22.0 Å². The normalized spacial score (nSPS) is 13.4. The molecule has 0 aliphatic heterocycles. The summed E-state index contributed by atoms with van der Waals surface area (Å²) in [5.41, 5.74) is -0.527. The van der Waals surface area contributed by atoms with Gasteiger partial charge in [-0.1, -0.05) is 6.07 Å². The molecule has 1 atom stereocenters. The molecule has 0 amide bonds. The van der Waals surface area contributed by atoms with Gasteiger partial charge in [-0.25, -0.2) is 8.78 Å². The molecule has 0 radical (unpaired) electrons. The molecule has 2 aromatic rings. The van der Waals surface area contributed by atoms with Crippen LogP contribution in [0.2, 0.25) is 0 Å². The minimum absolute atomic E-state index is 0.00978. The molecule has 1 aromatic heterocycles. The lowest BCUT2D eigenvalue weighted by atomic mass is 10.1. The quantitative estimate of drug-likeness (QED) is 0.873. The van der Waals surface area contributed by atoms with Crippen molar-refractivity contribution in [1.29, 1.82) is 0 Å². The van der Waals surface area contributed by atoms with E-state index in [0.717, 1.165) is 16.8 Å². The molecular formula is C14H14F5N3. The Morgan fingerprint density at radius 3 is 2.50 bits per heavy atom. The van der Waals surface area contributed by atoms with E-state index in [1.54, 1.807) is 6.92 Å². The van der Waals surface area contributed by atoms with Crippen LogP contribution < -0.4 is 5.32 Å². The number of hydrogen-bond donors (Lipinski definition) is 1. The molecule has 3 nitrogen and oxygen atoms in total. The van der Waals surface area contributed by atoms with Gasteiger partial charge in [0.25, 0.3) is 0 Å². The van der Waals surface area contributed by atoms with Crippen molar-refractivity contribution >= 4 is 0 Å². The van der Waals surface area contributed by atoms with Crippen molar-refractivity contribution in [3.63, 3.8) is 0 Å². The maximum Gasteiger partial charge on any atom is 0.435 e. The topological polar surface area (TPSA) is 29.9 Å². The zero-order valence-corrected chi connectivity index (χ0v) is 11.9. The number of halogens is 5. The largest absolute Gasteiger partial charge is 0.435 e. The average molecular weight is 319 g/mol. The van der Waals surface area contributed by atoms with Gasteiger partial charge in [-0.3, -0.25) is 4.68 Å². The summed E-state index contributed by atoms with van der Waals surface area (Å²) in [6, 6.07) is 2.93. The van der Waals surface area contributed by atoms with Crippen LogP contribution in [0.15, 0.2) is 24.4 Å². The molecule has 0 spiro atoms. The summed E-state index contributed by atoms with van der Waals surface area (Å²) in [6.45, 7) is 1.55. The number of nitrogens with zero attached hydrogens (tertiary/aromatic N) is 2. The Morgan fingerprint density at radius 1 is 1.23 bits per heavy atom. The van der Waals surface area contributed by atoms with Crippen LogP contribution >= 0.6 is 0 Å². The van der Waals surface area contributed by atoms with E-state index < -0.39 is 29.5 Å². The van der Waals surface area contributed by atoms with Gasteiger partial charge < -0.3 is 5.32 Å². The molecule has 120 valence electrons. The number of hydrogen-bond acceptors (Lipinski definition) is 2. The predicted molar refractivity (Wildman–Crippen MR) is 69.8 cm³/mol. The number of aromatic nitrogens is 2. The molecule has 0 saturated heterocycles. The first-order valence-electron chi connectivity index (χ1n) is 6.46. The summed E-state index contributed by atoms with van der Waals surface area (Å²) in [5.74, 6) is -1.97. The van der Waals surface area contributed by atoms with Crippen molar-refractivity contribution in [2.45, 2.75) is 25.7 Å². The first-order chi connectivity index (χ1) is 10.2. The summed E-state index contributed by atoms with van der Waals surface area (Å²) in [6.07, 6.45) is -3.27. The van der Waals surface area contributed by atoms with Gasteiger partial charge in [0, 0.05) is 31.4 Å². The average Bonchev–Trinajstić information content (AvgIpc) is 2.80. The van der Waals surface area contributed by atoms with E-state index in [4.69, 9.17) is 0 Å². The Balaban J connectivity index is 2.11. The maximum atomic E-state index is 13.2. The van der Waals surface area contributed by atoms with E-state index in [1.807, 2.05) is 0 Å². The van der Waals surface area contributed by atoms with Gasteiger partial charge in [-0.2, -0.15) is 18.3 Å². The molecule has 0 aliphatic rings. The van der Waals surface area contributed by atoms with Crippen LogP contribution in [0.25, 0.3) is 0 Å². The van der Waals surface area contributed by atoms with Gasteiger partial charge in [-0.15, -0.1) is 0 Å². The van der Waals surface area contributed by atoms with Crippen molar-refractivity contribution in [1.82, 2.24) is 15.1 Å². The number of nitrogens with one attached hydrogen (secondary N) is 1. The van der Waals surface area contributed by atoms with E-state index in [0.29, 0.717) is 5.56 Å². The highest BCUT2D eigenvalue weighted by Gasteiger charge is 2.36. The van der Waals surface area contributed by atoms with E-state index in [2.05, 4.69) is 10.4 Å². The van der Waals surface area contributed by atoms with Crippen LogP contribution in [0.1, 0.15) is 29.8 Å². The number of benzene rings is 1. The van der Waals surface area contributed by atoms with Gasteiger partial charge in [-0.05, 0) is 24.6 Å². The van der Waals surface area contributed by atoms with E-state index >= 15 is 0 Å². The highest BCUT2D eigenvalue weighted by Crippen LogP contribution is 2.30. The number of alkyl halides is 3. The molecule has 0 unspecified atom stereocenters. The minimum Gasteiger partial charge on any atom is -0.306 e. The molecule has 22 heavy (non-hydrogen) atoms. The van der Waals surface area contributed by atoms with Crippen LogP contribution in [-0.4, -0.2) is 9.78 Å². The fraction of sp³-hybridized carbons (Fsp3) is 0.357. The van der Waals surface area contributed by atoms with Gasteiger partial charge in [0.15, 0.2) is 17.3 Å². The SMILES string of the molecule is C[C@H](NCc1cn(C)nc1C(F)(F)F)c1ccc(F)c(F)c1. The molecule has 0 aliphatic carbocycles. The fourth-order valence-electron chi connectivity index (χ4n) is 2.07. The lowest BCUT2D eigenvalue weighted by molar-refractivity contribution is -0.142. The smallest absolute Gasteiger partial charge is 0.306 e. The second kappa shape index (κ2) is 6.04. The van der Waals surface area contributed by atoms with Crippen LogP contribution in [0.3, 0.4) is 0 Å². The third kappa shape index (κ3) is 3.62. The lowest BCUT2D eigenvalue weighted by Crippen LogP contribution is -2.20. The summed E-state index contributed by atoms with van der Waals surface area (Å²) in [5, 5.41) is 6.25. The van der Waals surface area contributed by atoms with Crippen molar-refractivity contribution < 1.29 is 22.0 Å². The molecule has 1 aromatic carbocycles. The molecule has 2 rings (SSSR count). The molecule has 0 fully saturated rings. The fourth-order valence-corrected chi connectivity index (χ4v) is 2.07. The Labute approximate surface area is 123 Å². The zero-order chi connectivity index (χ0) is 16.5. The first kappa shape index (κ1) is 16.4. The van der Waals surface area contributed by atoms with Crippen molar-refractivity contribution in [3.05, 3.63) is 52.9 Å². The standard InChI is InChI=1S/C14H14F5N3/c1-8(9-3-4-11(15)12(16)5-9)20-6-10-7-22(2)21-13(10)14(17,18)19/h3-5,7-8,20H,6H2,1-2H3/t8-/m0/s1. The first-order valence-corrected chi connectivity index (χ1v) is 6.46. The zero-order valence-electron chi connectivity index (χ0n) is 11.9. The van der Waals surface area contributed by atoms with Crippen molar-refractivity contribution in [2.75, 3.05) is 0 Å². The van der Waals surface area contributed by atoms with Crippen LogP contribution in [-0.2, 0) is 19.8 Å². The summed E-state index contributed by atoms with van der Waals surface area (Å²) < 4.78 is 65.6. The molecule has 8 heteroatoms. The van der Waals surface area contributed by atoms with Crippen molar-refractivity contribution in [2.24, 2.45) is 7.05 Å². The minimum atomic E-state index is -4.54. The Hall–Kier alpha value is -1.96. The summed E-state index contributed by atoms with van der Waals surface area (Å²) >= 11 is 0. The van der Waals surface area contributed by atoms with Gasteiger partial charge in [0.1, 0.15) is 0 Å².